The van der Waals surface area contributed by atoms with Crippen LogP contribution in [0.2, 0.25) is 0 Å². The van der Waals surface area contributed by atoms with Crippen LogP contribution in [0.3, 0.4) is 0 Å². The summed E-state index contributed by atoms with van der Waals surface area (Å²) in [6.07, 6.45) is 11.4. The Morgan fingerprint density at radius 1 is 0.712 bits per heavy atom. The van der Waals surface area contributed by atoms with Crippen LogP contribution >= 0.6 is 0 Å². The van der Waals surface area contributed by atoms with Crippen LogP contribution in [0.5, 0.6) is 0 Å². The molecule has 13 nitrogen and oxygen atoms in total. The molecular weight excluding hydrogens is 666 g/mol. The fourth-order valence-corrected chi connectivity index (χ4v) is 7.01. The van der Waals surface area contributed by atoms with E-state index in [-0.39, 0.29) is 42.4 Å². The predicted octanol–water partition coefficient (Wildman–Crippen LogP) is 6.86. The van der Waals surface area contributed by atoms with Gasteiger partial charge in [0.05, 0.1) is 18.6 Å². The number of ether oxygens (including phenoxy) is 4. The molecule has 13 heteroatoms. The van der Waals surface area contributed by atoms with Gasteiger partial charge in [0.2, 0.25) is 11.9 Å². The van der Waals surface area contributed by atoms with E-state index in [0.717, 1.165) is 44.9 Å². The molecule has 2 N–H and O–H groups in total. The number of rotatable bonds is 9. The molecule has 2 atom stereocenters. The average molecular weight is 736 g/mol. The second-order valence-electron chi connectivity index (χ2n) is 17.6. The summed E-state index contributed by atoms with van der Waals surface area (Å²) < 4.78 is 22.8. The number of carbonyl (C=O) groups excluding carboxylic acids is 4. The highest BCUT2D eigenvalue weighted by atomic mass is 16.6. The van der Waals surface area contributed by atoms with Crippen molar-refractivity contribution in [1.29, 1.82) is 0 Å². The van der Waals surface area contributed by atoms with Gasteiger partial charge in [0.1, 0.15) is 16.8 Å². The van der Waals surface area contributed by atoms with Crippen molar-refractivity contribution in [3.05, 3.63) is 0 Å². The van der Waals surface area contributed by atoms with Crippen molar-refractivity contribution in [1.82, 2.24) is 20.4 Å². The Morgan fingerprint density at radius 3 is 1.88 bits per heavy atom. The Hall–Kier alpha value is -2.93. The maximum absolute atomic E-state index is 14.2. The maximum atomic E-state index is 14.2. The van der Waals surface area contributed by atoms with Gasteiger partial charge in [-0.15, -0.1) is 4.99 Å². The molecule has 0 aromatic rings. The van der Waals surface area contributed by atoms with Gasteiger partial charge in [-0.25, -0.2) is 9.59 Å². The van der Waals surface area contributed by atoms with Crippen LogP contribution in [0.15, 0.2) is 4.99 Å². The number of alkyl carbamates (subject to hydrolysis) is 1. The zero-order valence-electron chi connectivity index (χ0n) is 33.6. The number of esters is 1. The lowest BCUT2D eigenvalue weighted by Crippen LogP contribution is -2.55. The first-order valence-corrected chi connectivity index (χ1v) is 19.7. The molecule has 0 bridgehead atoms. The molecule has 298 valence electrons. The third-order valence-corrected chi connectivity index (χ3v) is 9.29. The predicted molar refractivity (Wildman–Crippen MR) is 201 cm³/mol. The number of amides is 3. The third-order valence-electron chi connectivity index (χ3n) is 9.29. The van der Waals surface area contributed by atoms with E-state index in [2.05, 4.69) is 15.6 Å². The number of hydrogen-bond acceptors (Lipinski definition) is 9. The smallest absolute Gasteiger partial charge is 0.437 e. The Kier molecular flexibility index (Phi) is 16.7. The molecule has 0 spiro atoms. The monoisotopic (exact) mass is 736 g/mol. The van der Waals surface area contributed by atoms with E-state index in [4.69, 9.17) is 18.9 Å². The van der Waals surface area contributed by atoms with Gasteiger partial charge in [-0.1, -0.05) is 32.1 Å². The molecule has 0 radical (unpaired) electrons. The molecule has 2 heterocycles. The highest BCUT2D eigenvalue weighted by Crippen LogP contribution is 2.25. The largest absolute Gasteiger partial charge is 0.460 e. The number of guanidine groups is 1. The normalized spacial score (nSPS) is 21.1. The minimum Gasteiger partial charge on any atom is -0.460 e. The molecular formula is C39H69N5O8. The van der Waals surface area contributed by atoms with Gasteiger partial charge in [0.15, 0.2) is 0 Å². The average Bonchev–Trinajstić information content (AvgIpc) is 2.99. The van der Waals surface area contributed by atoms with Gasteiger partial charge in [-0.05, 0) is 114 Å². The first-order valence-electron chi connectivity index (χ1n) is 19.7. The number of nitrogens with one attached hydrogen (secondary N) is 2. The van der Waals surface area contributed by atoms with E-state index >= 15 is 0 Å². The van der Waals surface area contributed by atoms with Gasteiger partial charge < -0.3 is 34.1 Å². The maximum Gasteiger partial charge on any atom is 0.437 e. The summed E-state index contributed by atoms with van der Waals surface area (Å²) in [5.74, 6) is -0.277. The summed E-state index contributed by atoms with van der Waals surface area (Å²) in [5.41, 5.74) is -2.07. The molecule has 2 aliphatic heterocycles. The number of likely N-dealkylation sites (tertiary alicyclic amines) is 2. The lowest BCUT2D eigenvalue weighted by Gasteiger charge is -2.39. The van der Waals surface area contributed by atoms with E-state index in [1.807, 2.05) is 30.6 Å². The summed E-state index contributed by atoms with van der Waals surface area (Å²) in [5, 5.41) is 6.26. The zero-order valence-corrected chi connectivity index (χ0v) is 33.6. The lowest BCUT2D eigenvalue weighted by atomic mass is 9.94. The van der Waals surface area contributed by atoms with Crippen molar-refractivity contribution in [2.75, 3.05) is 26.2 Å². The van der Waals surface area contributed by atoms with Crippen LogP contribution in [-0.4, -0.2) is 107 Å². The van der Waals surface area contributed by atoms with Gasteiger partial charge in [-0.3, -0.25) is 14.9 Å². The van der Waals surface area contributed by atoms with E-state index in [9.17, 15) is 19.2 Å². The highest BCUT2D eigenvalue weighted by molar-refractivity contribution is 5.99. The number of nitrogens with zero attached hydrogens (tertiary/aromatic N) is 3. The van der Waals surface area contributed by atoms with E-state index in [1.54, 1.807) is 41.5 Å². The molecule has 52 heavy (non-hydrogen) atoms. The number of piperidine rings is 2. The zero-order chi connectivity index (χ0) is 38.5. The highest BCUT2D eigenvalue weighted by Gasteiger charge is 2.35. The molecule has 3 amide bonds. The summed E-state index contributed by atoms with van der Waals surface area (Å²) in [6.45, 7) is 18.3. The summed E-state index contributed by atoms with van der Waals surface area (Å²) in [6, 6.07) is -0.369. The SMILES string of the molecule is CC(C)(C)OC(=O)C[C@H](NC1CCCCCCC1)C(=O)N1CCCCC1CCOC1CCN(C(=NC(=O)OC(C)(C)C)NC(=O)OC(C)(C)C)CC1. The summed E-state index contributed by atoms with van der Waals surface area (Å²) in [4.78, 5) is 60.3. The van der Waals surface area contributed by atoms with Crippen molar-refractivity contribution in [3.63, 3.8) is 0 Å². The first kappa shape index (κ1) is 43.5. The molecule has 3 aliphatic rings. The van der Waals surface area contributed by atoms with E-state index in [1.165, 1.54) is 19.3 Å². The molecule has 3 fully saturated rings. The van der Waals surface area contributed by atoms with Crippen molar-refractivity contribution in [2.45, 2.75) is 193 Å². The number of aliphatic imine (C=N–C) groups is 1. The minimum absolute atomic E-state index is 0.0137. The topological polar surface area (TPSA) is 148 Å². The second kappa shape index (κ2) is 19.9. The molecule has 0 aromatic heterocycles. The van der Waals surface area contributed by atoms with Crippen molar-refractivity contribution in [3.8, 4) is 0 Å². The first-order chi connectivity index (χ1) is 24.3. The van der Waals surface area contributed by atoms with Crippen LogP contribution in [0, 0.1) is 0 Å². The van der Waals surface area contributed by atoms with Crippen LogP contribution in [0.4, 0.5) is 9.59 Å². The Bertz CT molecular complexity index is 1190. The van der Waals surface area contributed by atoms with Crippen LogP contribution in [-0.2, 0) is 28.5 Å². The minimum atomic E-state index is -0.795. The quantitative estimate of drug-likeness (QED) is 0.111. The van der Waals surface area contributed by atoms with Crippen LogP contribution in [0.1, 0.15) is 152 Å². The fourth-order valence-electron chi connectivity index (χ4n) is 7.01. The van der Waals surface area contributed by atoms with Gasteiger partial charge in [0, 0.05) is 38.3 Å². The standard InChI is InChI=1S/C39H69N5O8/c1-37(2,3)50-32(45)27-31(40-28-17-13-11-10-12-14-18-28)33(46)44-23-16-15-19-29(44)22-26-49-30-20-24-43(25-21-30)34(41-35(47)51-38(4,5)6)42-36(48)52-39(7,8)9/h28-31,40H,10-27H2,1-9H3,(H,41,42,47,48)/t29?,31-/m0/s1. The van der Waals surface area contributed by atoms with Crippen molar-refractivity contribution in [2.24, 2.45) is 4.99 Å². The second-order valence-corrected chi connectivity index (χ2v) is 17.6. The van der Waals surface area contributed by atoms with E-state index in [0.29, 0.717) is 45.5 Å². The molecule has 3 rings (SSSR count). The molecule has 1 unspecified atom stereocenters. The van der Waals surface area contributed by atoms with Crippen LogP contribution < -0.4 is 10.6 Å². The molecule has 2 saturated heterocycles. The Labute approximate surface area is 312 Å². The van der Waals surface area contributed by atoms with Gasteiger partial charge in [0.25, 0.3) is 0 Å². The molecule has 1 aliphatic carbocycles. The van der Waals surface area contributed by atoms with Gasteiger partial charge >= 0.3 is 18.2 Å². The summed E-state index contributed by atoms with van der Waals surface area (Å²) >= 11 is 0. The summed E-state index contributed by atoms with van der Waals surface area (Å²) in [7, 11) is 0. The Morgan fingerprint density at radius 2 is 1.29 bits per heavy atom. The van der Waals surface area contributed by atoms with Crippen LogP contribution in [0.25, 0.3) is 0 Å². The Balaban J connectivity index is 1.60. The number of carbonyl (C=O) groups is 4. The van der Waals surface area contributed by atoms with Crippen molar-refractivity contribution >= 4 is 30.0 Å². The third kappa shape index (κ3) is 16.8. The van der Waals surface area contributed by atoms with Gasteiger partial charge in [-0.2, -0.15) is 0 Å². The molecule has 1 saturated carbocycles. The number of hydrogen-bond donors (Lipinski definition) is 2. The van der Waals surface area contributed by atoms with E-state index < -0.39 is 35.0 Å². The lowest BCUT2D eigenvalue weighted by molar-refractivity contribution is -0.158. The fraction of sp³-hybridized carbons (Fsp3) is 0.872. The van der Waals surface area contributed by atoms with Crippen molar-refractivity contribution < 1.29 is 38.1 Å². The molecule has 0 aromatic carbocycles.